The number of benzene rings is 1. The Morgan fingerprint density at radius 2 is 1.95 bits per heavy atom. The van der Waals surface area contributed by atoms with Gasteiger partial charge >= 0.3 is 0 Å². The highest BCUT2D eigenvalue weighted by Gasteiger charge is 2.20. The molecule has 0 heterocycles. The topological polar surface area (TPSA) is 55.1 Å². The van der Waals surface area contributed by atoms with Gasteiger partial charge in [0.1, 0.15) is 11.6 Å². The van der Waals surface area contributed by atoms with Gasteiger partial charge in [-0.15, -0.1) is 0 Å². The number of carbonyl (C=O) groups is 1. The molecule has 0 aromatic heterocycles. The zero-order chi connectivity index (χ0) is 14.6. The quantitative estimate of drug-likeness (QED) is 0.863. The number of halogens is 2. The minimum Gasteiger partial charge on any atom is -0.351 e. The Labute approximate surface area is 112 Å². The van der Waals surface area contributed by atoms with Gasteiger partial charge in [-0.2, -0.15) is 0 Å². The number of nitrogens with one attached hydrogen (secondary N) is 1. The van der Waals surface area contributed by atoms with Gasteiger partial charge in [-0.05, 0) is 36.9 Å². The van der Waals surface area contributed by atoms with Crippen LogP contribution in [0.25, 0.3) is 0 Å². The number of rotatable bonds is 5. The van der Waals surface area contributed by atoms with Crippen molar-refractivity contribution in [1.29, 1.82) is 0 Å². The fraction of sp³-hybridized carbons (Fsp3) is 0.500. The molecular formula is C14H20F2N2O. The summed E-state index contributed by atoms with van der Waals surface area (Å²) >= 11 is 0. The second kappa shape index (κ2) is 6.10. The summed E-state index contributed by atoms with van der Waals surface area (Å²) in [5.41, 5.74) is 5.43. The van der Waals surface area contributed by atoms with Gasteiger partial charge < -0.3 is 11.1 Å². The summed E-state index contributed by atoms with van der Waals surface area (Å²) in [6.45, 7) is 6.33. The Kier molecular flexibility index (Phi) is 5.00. The maximum atomic E-state index is 13.5. The fourth-order valence-electron chi connectivity index (χ4n) is 1.73. The lowest BCUT2D eigenvalue weighted by Crippen LogP contribution is -2.35. The lowest BCUT2D eigenvalue weighted by molar-refractivity contribution is 0.0931. The summed E-state index contributed by atoms with van der Waals surface area (Å²) in [5.74, 6) is -2.04. The van der Waals surface area contributed by atoms with Crippen molar-refractivity contribution >= 4 is 5.91 Å². The monoisotopic (exact) mass is 270 g/mol. The molecule has 0 saturated heterocycles. The molecule has 0 unspecified atom stereocenters. The summed E-state index contributed by atoms with van der Waals surface area (Å²) < 4.78 is 26.6. The van der Waals surface area contributed by atoms with Crippen LogP contribution in [0.4, 0.5) is 8.78 Å². The fourth-order valence-corrected chi connectivity index (χ4v) is 1.73. The summed E-state index contributed by atoms with van der Waals surface area (Å²) in [4.78, 5) is 11.9. The highest BCUT2D eigenvalue weighted by molar-refractivity contribution is 5.94. The van der Waals surface area contributed by atoms with E-state index in [1.165, 1.54) is 13.0 Å². The normalized spacial score (nSPS) is 11.5. The van der Waals surface area contributed by atoms with Crippen molar-refractivity contribution in [3.8, 4) is 0 Å². The van der Waals surface area contributed by atoms with Crippen molar-refractivity contribution in [1.82, 2.24) is 5.32 Å². The van der Waals surface area contributed by atoms with Gasteiger partial charge in [-0.1, -0.05) is 13.8 Å². The van der Waals surface area contributed by atoms with Crippen LogP contribution < -0.4 is 11.1 Å². The van der Waals surface area contributed by atoms with E-state index in [0.717, 1.165) is 12.5 Å². The molecule has 0 spiro atoms. The maximum Gasteiger partial charge on any atom is 0.254 e. The van der Waals surface area contributed by atoms with Crippen molar-refractivity contribution in [3.05, 3.63) is 34.9 Å². The molecule has 0 fully saturated rings. The number of carbonyl (C=O) groups excluding carboxylic acids is 1. The van der Waals surface area contributed by atoms with E-state index in [9.17, 15) is 13.6 Å². The first kappa shape index (κ1) is 15.6. The van der Waals surface area contributed by atoms with Gasteiger partial charge in [0, 0.05) is 12.6 Å². The molecule has 1 aromatic carbocycles. The van der Waals surface area contributed by atoms with E-state index in [4.69, 9.17) is 5.73 Å². The number of aryl methyl sites for hydroxylation is 1. The van der Waals surface area contributed by atoms with Gasteiger partial charge in [0.05, 0.1) is 5.56 Å². The van der Waals surface area contributed by atoms with Crippen LogP contribution in [0.5, 0.6) is 0 Å². The summed E-state index contributed by atoms with van der Waals surface area (Å²) in [6, 6.07) is 1.95. The lowest BCUT2D eigenvalue weighted by Gasteiger charge is -2.24. The Bertz CT molecular complexity index is 473. The highest BCUT2D eigenvalue weighted by Crippen LogP contribution is 2.19. The molecule has 0 radical (unpaired) electrons. The first-order chi connectivity index (χ1) is 8.76. The average Bonchev–Trinajstić information content (AvgIpc) is 2.31. The summed E-state index contributed by atoms with van der Waals surface area (Å²) in [5, 5.41) is 2.65. The largest absolute Gasteiger partial charge is 0.351 e. The molecule has 0 aliphatic rings. The van der Waals surface area contributed by atoms with Crippen LogP contribution in [0.15, 0.2) is 12.1 Å². The van der Waals surface area contributed by atoms with E-state index < -0.39 is 17.5 Å². The van der Waals surface area contributed by atoms with Crippen LogP contribution in [0.1, 0.15) is 36.2 Å². The molecule has 0 aliphatic carbocycles. The van der Waals surface area contributed by atoms with Gasteiger partial charge in [-0.25, -0.2) is 8.78 Å². The van der Waals surface area contributed by atoms with Crippen molar-refractivity contribution in [2.24, 2.45) is 11.1 Å². The summed E-state index contributed by atoms with van der Waals surface area (Å²) in [7, 11) is 0. The van der Waals surface area contributed by atoms with Crippen LogP contribution >= 0.6 is 0 Å². The van der Waals surface area contributed by atoms with Crippen LogP contribution in [0.2, 0.25) is 0 Å². The summed E-state index contributed by atoms with van der Waals surface area (Å²) in [6.07, 6.45) is 0.748. The Morgan fingerprint density at radius 1 is 1.32 bits per heavy atom. The standard InChI is InChI=1S/C14H20F2N2O/c1-9-6-10(12(16)7-11(9)15)13(19)18-8-14(2,3)4-5-17/h6-7H,4-5,8,17H2,1-3H3,(H,18,19). The smallest absolute Gasteiger partial charge is 0.254 e. The second-order valence-corrected chi connectivity index (χ2v) is 5.47. The molecule has 106 valence electrons. The highest BCUT2D eigenvalue weighted by atomic mass is 19.1. The molecule has 0 saturated carbocycles. The van der Waals surface area contributed by atoms with Gasteiger partial charge in [0.2, 0.25) is 0 Å². The van der Waals surface area contributed by atoms with Crippen LogP contribution in [-0.2, 0) is 0 Å². The predicted molar refractivity (Wildman–Crippen MR) is 70.9 cm³/mol. The number of amides is 1. The zero-order valence-electron chi connectivity index (χ0n) is 11.5. The van der Waals surface area contributed by atoms with Crippen molar-refractivity contribution in [2.45, 2.75) is 27.2 Å². The Balaban J connectivity index is 2.77. The van der Waals surface area contributed by atoms with Crippen LogP contribution in [-0.4, -0.2) is 19.0 Å². The Morgan fingerprint density at radius 3 is 2.53 bits per heavy atom. The minimum absolute atomic E-state index is 0.137. The third-order valence-corrected chi connectivity index (χ3v) is 3.04. The van der Waals surface area contributed by atoms with Crippen molar-refractivity contribution < 1.29 is 13.6 Å². The number of hydrogen-bond donors (Lipinski definition) is 2. The Hall–Kier alpha value is -1.49. The maximum absolute atomic E-state index is 13.5. The molecule has 5 heteroatoms. The number of nitrogens with two attached hydrogens (primary N) is 1. The molecular weight excluding hydrogens is 250 g/mol. The van der Waals surface area contributed by atoms with E-state index >= 15 is 0 Å². The third kappa shape index (κ3) is 4.28. The molecule has 0 bridgehead atoms. The first-order valence-electron chi connectivity index (χ1n) is 6.21. The lowest BCUT2D eigenvalue weighted by atomic mass is 9.89. The van der Waals surface area contributed by atoms with E-state index in [2.05, 4.69) is 5.32 Å². The molecule has 1 aromatic rings. The van der Waals surface area contributed by atoms with Crippen LogP contribution in [0, 0.1) is 24.0 Å². The van der Waals surface area contributed by atoms with Crippen molar-refractivity contribution in [2.75, 3.05) is 13.1 Å². The predicted octanol–water partition coefficient (Wildman–Crippen LogP) is 2.38. The molecule has 1 rings (SSSR count). The molecule has 3 N–H and O–H groups in total. The van der Waals surface area contributed by atoms with Gasteiger partial charge in [0.25, 0.3) is 5.91 Å². The van der Waals surface area contributed by atoms with Crippen molar-refractivity contribution in [3.63, 3.8) is 0 Å². The van der Waals surface area contributed by atoms with E-state index in [1.807, 2.05) is 13.8 Å². The first-order valence-corrected chi connectivity index (χ1v) is 6.21. The second-order valence-electron chi connectivity index (χ2n) is 5.47. The number of hydrogen-bond acceptors (Lipinski definition) is 2. The molecule has 19 heavy (non-hydrogen) atoms. The minimum atomic E-state index is -0.850. The average molecular weight is 270 g/mol. The molecule has 0 aliphatic heterocycles. The molecule has 0 atom stereocenters. The van der Waals surface area contributed by atoms with Crippen LogP contribution in [0.3, 0.4) is 0 Å². The molecule has 1 amide bonds. The van der Waals surface area contributed by atoms with E-state index in [-0.39, 0.29) is 16.5 Å². The zero-order valence-corrected chi connectivity index (χ0v) is 11.5. The third-order valence-electron chi connectivity index (χ3n) is 3.04. The van der Waals surface area contributed by atoms with Gasteiger partial charge in [0.15, 0.2) is 0 Å². The van der Waals surface area contributed by atoms with E-state index in [0.29, 0.717) is 13.1 Å². The molecule has 3 nitrogen and oxygen atoms in total. The van der Waals surface area contributed by atoms with E-state index in [1.54, 1.807) is 0 Å². The SMILES string of the molecule is Cc1cc(C(=O)NCC(C)(C)CCN)c(F)cc1F. The van der Waals surface area contributed by atoms with Gasteiger partial charge in [-0.3, -0.25) is 4.79 Å².